The van der Waals surface area contributed by atoms with Crippen molar-refractivity contribution in [2.24, 2.45) is 0 Å². The largest absolute Gasteiger partial charge is 0.352 e. The molecule has 4 aromatic rings. The summed E-state index contributed by atoms with van der Waals surface area (Å²) in [5, 5.41) is 6.97. The smallest absolute Gasteiger partial charge is 0.346 e. The van der Waals surface area contributed by atoms with Crippen LogP contribution in [0.4, 0.5) is 4.39 Å². The van der Waals surface area contributed by atoms with Gasteiger partial charge in [-0.25, -0.2) is 9.18 Å². The molecular weight excluding hydrogens is 449 g/mol. The molecule has 2 aromatic carbocycles. The average Bonchev–Trinajstić information content (AvgIpc) is 2.81. The standard InChI is InChI=1S/C23H17ClFN5O3/c24-17-6-2-8-19(11-17)30-23(33)29(14-15-4-1-7-18(25)10-15)22(32)20(28-30)21(31)27-13-16-5-3-9-26-12-16/h1-12H,13-14H2,(H,27,31). The van der Waals surface area contributed by atoms with Crippen LogP contribution in [0, 0.1) is 5.82 Å². The minimum atomic E-state index is -0.897. The highest BCUT2D eigenvalue weighted by atomic mass is 35.5. The molecule has 8 nitrogen and oxygen atoms in total. The summed E-state index contributed by atoms with van der Waals surface area (Å²) < 4.78 is 15.4. The summed E-state index contributed by atoms with van der Waals surface area (Å²) in [6.45, 7) is -0.143. The second-order valence-corrected chi connectivity index (χ2v) is 7.52. The van der Waals surface area contributed by atoms with Gasteiger partial charge >= 0.3 is 5.69 Å². The zero-order chi connectivity index (χ0) is 23.4. The Hall–Kier alpha value is -4.11. The van der Waals surface area contributed by atoms with E-state index in [9.17, 15) is 18.8 Å². The van der Waals surface area contributed by atoms with Crippen molar-refractivity contribution < 1.29 is 9.18 Å². The van der Waals surface area contributed by atoms with E-state index < -0.39 is 28.7 Å². The van der Waals surface area contributed by atoms with Gasteiger partial charge in [0.15, 0.2) is 0 Å². The lowest BCUT2D eigenvalue weighted by atomic mass is 10.2. The average molecular weight is 466 g/mol. The van der Waals surface area contributed by atoms with E-state index in [-0.39, 0.29) is 18.8 Å². The third-order valence-electron chi connectivity index (χ3n) is 4.73. The number of amides is 1. The number of aromatic nitrogens is 4. The van der Waals surface area contributed by atoms with E-state index >= 15 is 0 Å². The maximum Gasteiger partial charge on any atom is 0.352 e. The van der Waals surface area contributed by atoms with Crippen LogP contribution in [0.2, 0.25) is 5.02 Å². The fraction of sp³-hybridized carbons (Fsp3) is 0.0870. The van der Waals surface area contributed by atoms with Crippen molar-refractivity contribution in [3.05, 3.63) is 122 Å². The Balaban J connectivity index is 1.79. The van der Waals surface area contributed by atoms with Crippen LogP contribution in [0.15, 0.2) is 82.6 Å². The number of nitrogens with one attached hydrogen (secondary N) is 1. The molecule has 0 fully saturated rings. The summed E-state index contributed by atoms with van der Waals surface area (Å²) in [6.07, 6.45) is 3.17. The second-order valence-electron chi connectivity index (χ2n) is 7.09. The van der Waals surface area contributed by atoms with Crippen molar-refractivity contribution in [3.63, 3.8) is 0 Å². The Labute approximate surface area is 191 Å². The summed E-state index contributed by atoms with van der Waals surface area (Å²) in [5.74, 6) is -1.29. The van der Waals surface area contributed by atoms with Crippen LogP contribution in [-0.2, 0) is 13.1 Å². The minimum Gasteiger partial charge on any atom is -0.346 e. The molecule has 0 saturated carbocycles. The maximum atomic E-state index is 13.7. The van der Waals surface area contributed by atoms with Gasteiger partial charge in [-0.05, 0) is 47.5 Å². The van der Waals surface area contributed by atoms with E-state index in [0.29, 0.717) is 16.1 Å². The molecule has 0 aliphatic rings. The van der Waals surface area contributed by atoms with Crippen LogP contribution in [0.1, 0.15) is 21.6 Å². The highest BCUT2D eigenvalue weighted by Crippen LogP contribution is 2.12. The molecule has 0 atom stereocenters. The van der Waals surface area contributed by atoms with Gasteiger partial charge in [-0.3, -0.25) is 19.1 Å². The zero-order valence-electron chi connectivity index (χ0n) is 17.1. The van der Waals surface area contributed by atoms with Crippen LogP contribution in [0.25, 0.3) is 5.69 Å². The predicted molar refractivity (Wildman–Crippen MR) is 120 cm³/mol. The minimum absolute atomic E-state index is 0.105. The normalized spacial score (nSPS) is 10.7. The predicted octanol–water partition coefficient (Wildman–Crippen LogP) is 2.56. The summed E-state index contributed by atoms with van der Waals surface area (Å²) in [5.41, 5.74) is -0.827. The van der Waals surface area contributed by atoms with Crippen molar-refractivity contribution in [2.75, 3.05) is 0 Å². The van der Waals surface area contributed by atoms with Crippen molar-refractivity contribution in [1.29, 1.82) is 0 Å². The van der Waals surface area contributed by atoms with Gasteiger partial charge in [-0.15, -0.1) is 0 Å². The topological polar surface area (TPSA) is 98.9 Å². The first-order valence-electron chi connectivity index (χ1n) is 9.84. The Kier molecular flexibility index (Phi) is 6.41. The van der Waals surface area contributed by atoms with E-state index in [1.54, 1.807) is 48.8 Å². The molecular formula is C23H17ClFN5O3. The molecule has 0 aliphatic carbocycles. The molecule has 0 unspecified atom stereocenters. The summed E-state index contributed by atoms with van der Waals surface area (Å²) >= 11 is 6.05. The van der Waals surface area contributed by atoms with Crippen molar-refractivity contribution in [2.45, 2.75) is 13.1 Å². The maximum absolute atomic E-state index is 13.7. The SMILES string of the molecule is O=C(NCc1cccnc1)c1nn(-c2cccc(Cl)c2)c(=O)n(Cc2cccc(F)c2)c1=O. The molecule has 166 valence electrons. The fourth-order valence-corrected chi connectivity index (χ4v) is 3.34. The third-order valence-corrected chi connectivity index (χ3v) is 4.97. The Morgan fingerprint density at radius 3 is 2.55 bits per heavy atom. The quantitative estimate of drug-likeness (QED) is 0.472. The summed E-state index contributed by atoms with van der Waals surface area (Å²) in [7, 11) is 0. The van der Waals surface area contributed by atoms with Gasteiger partial charge in [0.25, 0.3) is 11.5 Å². The highest BCUT2D eigenvalue weighted by Gasteiger charge is 2.20. The Morgan fingerprint density at radius 1 is 1.03 bits per heavy atom. The molecule has 10 heteroatoms. The third kappa shape index (κ3) is 5.04. The number of hydrogen-bond acceptors (Lipinski definition) is 5. The molecule has 0 aliphatic heterocycles. The number of pyridine rings is 1. The van der Waals surface area contributed by atoms with E-state index in [4.69, 9.17) is 11.6 Å². The van der Waals surface area contributed by atoms with Gasteiger partial charge in [0.05, 0.1) is 12.2 Å². The molecule has 2 aromatic heterocycles. The first kappa shape index (κ1) is 22.1. The second kappa shape index (κ2) is 9.58. The van der Waals surface area contributed by atoms with Gasteiger partial charge in [-0.1, -0.05) is 35.9 Å². The number of carbonyl (C=O) groups excluding carboxylic acids is 1. The fourth-order valence-electron chi connectivity index (χ4n) is 3.16. The van der Waals surface area contributed by atoms with E-state index in [2.05, 4.69) is 15.4 Å². The number of carbonyl (C=O) groups is 1. The van der Waals surface area contributed by atoms with E-state index in [0.717, 1.165) is 9.25 Å². The molecule has 2 heterocycles. The van der Waals surface area contributed by atoms with Gasteiger partial charge in [-0.2, -0.15) is 9.78 Å². The van der Waals surface area contributed by atoms with E-state index in [1.165, 1.54) is 24.3 Å². The van der Waals surface area contributed by atoms with Gasteiger partial charge in [0, 0.05) is 24.0 Å². The molecule has 0 spiro atoms. The first-order chi connectivity index (χ1) is 15.9. The van der Waals surface area contributed by atoms with Crippen LogP contribution in [-0.4, -0.2) is 25.2 Å². The lowest BCUT2D eigenvalue weighted by Gasteiger charge is -2.12. The lowest BCUT2D eigenvalue weighted by Crippen LogP contribution is -2.46. The Bertz CT molecular complexity index is 1440. The van der Waals surface area contributed by atoms with Crippen LogP contribution < -0.4 is 16.6 Å². The Morgan fingerprint density at radius 2 is 1.82 bits per heavy atom. The van der Waals surface area contributed by atoms with E-state index in [1.807, 2.05) is 0 Å². The molecule has 0 bridgehead atoms. The van der Waals surface area contributed by atoms with Crippen molar-refractivity contribution in [3.8, 4) is 5.69 Å². The molecule has 1 N–H and O–H groups in total. The number of benzene rings is 2. The molecule has 33 heavy (non-hydrogen) atoms. The number of hydrogen-bond donors (Lipinski definition) is 1. The molecule has 4 rings (SSSR count). The van der Waals surface area contributed by atoms with Gasteiger partial charge in [0.1, 0.15) is 5.82 Å². The van der Waals surface area contributed by atoms with Crippen LogP contribution in [0.3, 0.4) is 0 Å². The zero-order valence-corrected chi connectivity index (χ0v) is 17.9. The molecule has 1 amide bonds. The molecule has 0 saturated heterocycles. The summed E-state index contributed by atoms with van der Waals surface area (Å²) in [6, 6.07) is 15.2. The highest BCUT2D eigenvalue weighted by molar-refractivity contribution is 6.30. The summed E-state index contributed by atoms with van der Waals surface area (Å²) in [4.78, 5) is 43.0. The number of halogens is 2. The van der Waals surface area contributed by atoms with Crippen molar-refractivity contribution in [1.82, 2.24) is 24.6 Å². The van der Waals surface area contributed by atoms with Crippen LogP contribution in [0.5, 0.6) is 0 Å². The monoisotopic (exact) mass is 465 g/mol. The van der Waals surface area contributed by atoms with Gasteiger partial charge < -0.3 is 5.32 Å². The number of nitrogens with zero attached hydrogens (tertiary/aromatic N) is 4. The number of rotatable bonds is 6. The molecule has 0 radical (unpaired) electrons. The van der Waals surface area contributed by atoms with Gasteiger partial charge in [0.2, 0.25) is 5.69 Å². The van der Waals surface area contributed by atoms with Crippen LogP contribution >= 0.6 is 11.6 Å². The first-order valence-corrected chi connectivity index (χ1v) is 10.2. The lowest BCUT2D eigenvalue weighted by molar-refractivity contribution is 0.0941. The van der Waals surface area contributed by atoms with Crippen molar-refractivity contribution >= 4 is 17.5 Å².